The first kappa shape index (κ1) is 12.4. The summed E-state index contributed by atoms with van der Waals surface area (Å²) in [4.78, 5) is 11.0. The van der Waals surface area contributed by atoms with E-state index >= 15 is 0 Å². The van der Waals surface area contributed by atoms with Gasteiger partial charge < -0.3 is 9.84 Å². The number of hydrogen-bond donors (Lipinski definition) is 1. The molecular formula is C12H11ClN2O3. The lowest BCUT2D eigenvalue weighted by molar-refractivity contribution is 0.0689. The molecule has 1 aromatic carbocycles. The van der Waals surface area contributed by atoms with Crippen molar-refractivity contribution in [3.8, 4) is 11.6 Å². The highest BCUT2D eigenvalue weighted by atomic mass is 35.5. The zero-order chi connectivity index (χ0) is 13.3. The molecular weight excluding hydrogens is 256 g/mol. The van der Waals surface area contributed by atoms with Crippen LogP contribution in [0.3, 0.4) is 0 Å². The van der Waals surface area contributed by atoms with Gasteiger partial charge in [-0.15, -0.1) is 0 Å². The molecule has 0 atom stereocenters. The van der Waals surface area contributed by atoms with Gasteiger partial charge >= 0.3 is 5.97 Å². The van der Waals surface area contributed by atoms with Gasteiger partial charge in [0.25, 0.3) is 0 Å². The maximum Gasteiger partial charge on any atom is 0.356 e. The summed E-state index contributed by atoms with van der Waals surface area (Å²) in [6.07, 6.45) is 0. The van der Waals surface area contributed by atoms with Crippen molar-refractivity contribution in [1.29, 1.82) is 0 Å². The van der Waals surface area contributed by atoms with Crippen molar-refractivity contribution in [2.45, 2.75) is 6.92 Å². The molecule has 94 valence electrons. The lowest BCUT2D eigenvalue weighted by Gasteiger charge is -2.06. The van der Waals surface area contributed by atoms with Crippen LogP contribution in [0.2, 0.25) is 5.02 Å². The van der Waals surface area contributed by atoms with Crippen LogP contribution in [-0.2, 0) is 0 Å². The number of carbonyl (C=O) groups is 1. The summed E-state index contributed by atoms with van der Waals surface area (Å²) in [6, 6.07) is 6.88. The maximum absolute atomic E-state index is 11.0. The number of ether oxygens (including phenoxy) is 1. The summed E-state index contributed by atoms with van der Waals surface area (Å²) in [5, 5.41) is 13.7. The van der Waals surface area contributed by atoms with Crippen LogP contribution in [0.25, 0.3) is 5.69 Å². The van der Waals surface area contributed by atoms with E-state index in [2.05, 4.69) is 5.10 Å². The molecule has 18 heavy (non-hydrogen) atoms. The number of halogens is 1. The van der Waals surface area contributed by atoms with Gasteiger partial charge in [-0.2, -0.15) is 5.10 Å². The minimum absolute atomic E-state index is 0.0261. The van der Waals surface area contributed by atoms with E-state index < -0.39 is 5.97 Å². The number of aromatic nitrogens is 2. The normalized spacial score (nSPS) is 10.4. The average Bonchev–Trinajstić information content (AvgIpc) is 2.67. The van der Waals surface area contributed by atoms with Gasteiger partial charge in [0.1, 0.15) is 0 Å². The molecule has 0 aliphatic heterocycles. The first-order valence-electron chi connectivity index (χ1n) is 5.17. The summed E-state index contributed by atoms with van der Waals surface area (Å²) in [7, 11) is 1.47. The van der Waals surface area contributed by atoms with Crippen molar-refractivity contribution in [3.63, 3.8) is 0 Å². The van der Waals surface area contributed by atoms with Crippen LogP contribution in [0.15, 0.2) is 24.3 Å². The molecule has 2 aromatic rings. The van der Waals surface area contributed by atoms with Crippen LogP contribution in [0, 0.1) is 6.92 Å². The van der Waals surface area contributed by atoms with Gasteiger partial charge in [-0.25, -0.2) is 9.48 Å². The average molecular weight is 267 g/mol. The molecule has 1 heterocycles. The third-order valence-corrected chi connectivity index (χ3v) is 2.79. The predicted octanol–water partition coefficient (Wildman–Crippen LogP) is 2.54. The molecule has 0 saturated heterocycles. The van der Waals surface area contributed by atoms with Crippen LogP contribution in [0.1, 0.15) is 16.1 Å². The molecule has 0 bridgehead atoms. The van der Waals surface area contributed by atoms with Crippen molar-refractivity contribution in [1.82, 2.24) is 9.78 Å². The van der Waals surface area contributed by atoms with Crippen LogP contribution in [-0.4, -0.2) is 28.0 Å². The number of aromatic carboxylic acids is 1. The molecule has 0 unspecified atom stereocenters. The van der Waals surface area contributed by atoms with Crippen LogP contribution >= 0.6 is 11.6 Å². The SMILES string of the molecule is COc1c(C)c(C(=O)O)nn1-c1ccc(Cl)cc1. The summed E-state index contributed by atoms with van der Waals surface area (Å²) in [5.74, 6) is -0.687. The predicted molar refractivity (Wildman–Crippen MR) is 66.8 cm³/mol. The van der Waals surface area contributed by atoms with Gasteiger partial charge in [0.05, 0.1) is 12.8 Å². The fourth-order valence-corrected chi connectivity index (χ4v) is 1.81. The van der Waals surface area contributed by atoms with Crippen molar-refractivity contribution in [2.24, 2.45) is 0 Å². The number of hydrogen-bond acceptors (Lipinski definition) is 3. The Labute approximate surface area is 109 Å². The number of methoxy groups -OCH3 is 1. The topological polar surface area (TPSA) is 64.3 Å². The fraction of sp³-hybridized carbons (Fsp3) is 0.167. The number of nitrogens with zero attached hydrogens (tertiary/aromatic N) is 2. The van der Waals surface area contributed by atoms with E-state index in [-0.39, 0.29) is 5.69 Å². The molecule has 2 rings (SSSR count). The Kier molecular flexibility index (Phi) is 3.25. The fourth-order valence-electron chi connectivity index (χ4n) is 1.68. The second kappa shape index (κ2) is 4.70. The van der Waals surface area contributed by atoms with Crippen LogP contribution < -0.4 is 4.74 Å². The Balaban J connectivity index is 2.60. The molecule has 0 saturated carbocycles. The highest BCUT2D eigenvalue weighted by Gasteiger charge is 2.20. The van der Waals surface area contributed by atoms with E-state index in [9.17, 15) is 4.79 Å². The third-order valence-electron chi connectivity index (χ3n) is 2.54. The molecule has 0 radical (unpaired) electrons. The third kappa shape index (κ3) is 2.04. The number of carboxylic acids is 1. The zero-order valence-corrected chi connectivity index (χ0v) is 10.6. The van der Waals surface area contributed by atoms with E-state index in [1.807, 2.05) is 0 Å². The quantitative estimate of drug-likeness (QED) is 0.927. The van der Waals surface area contributed by atoms with Gasteiger partial charge in [-0.1, -0.05) is 11.6 Å². The Morgan fingerprint density at radius 1 is 1.39 bits per heavy atom. The maximum atomic E-state index is 11.0. The van der Waals surface area contributed by atoms with Crippen LogP contribution in [0.4, 0.5) is 0 Å². The van der Waals surface area contributed by atoms with Gasteiger partial charge in [0, 0.05) is 10.6 Å². The van der Waals surface area contributed by atoms with E-state index in [1.54, 1.807) is 31.2 Å². The molecule has 0 spiro atoms. The van der Waals surface area contributed by atoms with Gasteiger partial charge in [0.15, 0.2) is 5.69 Å². The Bertz CT molecular complexity index is 590. The van der Waals surface area contributed by atoms with E-state index in [1.165, 1.54) is 11.8 Å². The van der Waals surface area contributed by atoms with Gasteiger partial charge in [-0.3, -0.25) is 0 Å². The van der Waals surface area contributed by atoms with Crippen molar-refractivity contribution in [2.75, 3.05) is 7.11 Å². The lowest BCUT2D eigenvalue weighted by atomic mass is 10.2. The van der Waals surface area contributed by atoms with Crippen molar-refractivity contribution >= 4 is 17.6 Å². The molecule has 0 aliphatic carbocycles. The molecule has 1 N–H and O–H groups in total. The summed E-state index contributed by atoms with van der Waals surface area (Å²) >= 11 is 5.80. The minimum Gasteiger partial charge on any atom is -0.481 e. The monoisotopic (exact) mass is 266 g/mol. The van der Waals surface area contributed by atoms with Gasteiger partial charge in [-0.05, 0) is 31.2 Å². The van der Waals surface area contributed by atoms with E-state index in [0.717, 1.165) is 0 Å². The second-order valence-corrected chi connectivity index (χ2v) is 4.11. The molecule has 1 aromatic heterocycles. The Morgan fingerprint density at radius 2 is 2.00 bits per heavy atom. The number of rotatable bonds is 3. The largest absolute Gasteiger partial charge is 0.481 e. The summed E-state index contributed by atoms with van der Waals surface area (Å²) in [5.41, 5.74) is 1.15. The highest BCUT2D eigenvalue weighted by Crippen LogP contribution is 2.25. The summed E-state index contributed by atoms with van der Waals surface area (Å²) < 4.78 is 6.64. The molecule has 5 nitrogen and oxygen atoms in total. The smallest absolute Gasteiger partial charge is 0.356 e. The lowest BCUT2D eigenvalue weighted by Crippen LogP contribution is -2.02. The molecule has 0 aliphatic rings. The van der Waals surface area contributed by atoms with Crippen LogP contribution in [0.5, 0.6) is 5.88 Å². The molecule has 6 heteroatoms. The van der Waals surface area contributed by atoms with E-state index in [0.29, 0.717) is 22.2 Å². The molecule has 0 amide bonds. The van der Waals surface area contributed by atoms with E-state index in [4.69, 9.17) is 21.4 Å². The Hall–Kier alpha value is -2.01. The molecule has 0 fully saturated rings. The number of benzene rings is 1. The first-order chi connectivity index (χ1) is 8.54. The van der Waals surface area contributed by atoms with Crippen molar-refractivity contribution in [3.05, 3.63) is 40.5 Å². The zero-order valence-electron chi connectivity index (χ0n) is 9.85. The highest BCUT2D eigenvalue weighted by molar-refractivity contribution is 6.30. The van der Waals surface area contributed by atoms with Gasteiger partial charge in [0.2, 0.25) is 5.88 Å². The Morgan fingerprint density at radius 3 is 2.50 bits per heavy atom. The van der Waals surface area contributed by atoms with Crippen molar-refractivity contribution < 1.29 is 14.6 Å². The second-order valence-electron chi connectivity index (χ2n) is 3.68. The number of carboxylic acid groups (broad SMARTS) is 1. The first-order valence-corrected chi connectivity index (χ1v) is 5.55. The minimum atomic E-state index is -1.08. The standard InChI is InChI=1S/C12H11ClN2O3/c1-7-10(12(16)17)14-15(11(7)18-2)9-5-3-8(13)4-6-9/h3-6H,1-2H3,(H,16,17). The summed E-state index contributed by atoms with van der Waals surface area (Å²) in [6.45, 7) is 1.65.